The highest BCUT2D eigenvalue weighted by Crippen LogP contribution is 2.34. The molecule has 0 atom stereocenters. The fourth-order valence-electron chi connectivity index (χ4n) is 2.52. The lowest BCUT2D eigenvalue weighted by molar-refractivity contribution is -0.149. The predicted molar refractivity (Wildman–Crippen MR) is 78.4 cm³/mol. The van der Waals surface area contributed by atoms with Crippen molar-refractivity contribution in [2.45, 2.75) is 63.7 Å². The molecular formula is C14H25NO3S. The van der Waals surface area contributed by atoms with Gasteiger partial charge in [0.05, 0.1) is 5.75 Å². The molecule has 1 aliphatic rings. The maximum atomic E-state index is 11.9. The van der Waals surface area contributed by atoms with E-state index in [1.165, 1.54) is 11.8 Å². The largest absolute Gasteiger partial charge is 0.480 e. The summed E-state index contributed by atoms with van der Waals surface area (Å²) in [7, 11) is 0. The summed E-state index contributed by atoms with van der Waals surface area (Å²) in [5.74, 6) is -0.0976. The van der Waals surface area contributed by atoms with E-state index < -0.39 is 11.5 Å². The van der Waals surface area contributed by atoms with Crippen LogP contribution in [-0.4, -0.2) is 33.5 Å². The zero-order chi connectivity index (χ0) is 14.5. The lowest BCUT2D eigenvalue weighted by Crippen LogP contribution is -2.56. The van der Waals surface area contributed by atoms with Crippen LogP contribution in [0, 0.1) is 5.92 Å². The van der Waals surface area contributed by atoms with E-state index in [9.17, 15) is 14.7 Å². The molecule has 1 fully saturated rings. The molecule has 0 heterocycles. The molecule has 2 N–H and O–H groups in total. The highest BCUT2D eigenvalue weighted by Gasteiger charge is 2.42. The van der Waals surface area contributed by atoms with E-state index >= 15 is 0 Å². The van der Waals surface area contributed by atoms with Crippen molar-refractivity contribution in [2.24, 2.45) is 5.92 Å². The Balaban J connectivity index is 2.58. The van der Waals surface area contributed by atoms with Crippen LogP contribution in [0.5, 0.6) is 0 Å². The van der Waals surface area contributed by atoms with Crippen LogP contribution in [0.1, 0.15) is 52.9 Å². The average Bonchev–Trinajstić information content (AvgIpc) is 2.37. The van der Waals surface area contributed by atoms with Gasteiger partial charge in [0.15, 0.2) is 0 Å². The number of rotatable bonds is 6. The van der Waals surface area contributed by atoms with E-state index in [-0.39, 0.29) is 5.91 Å². The van der Waals surface area contributed by atoms with Gasteiger partial charge in [-0.2, -0.15) is 0 Å². The summed E-state index contributed by atoms with van der Waals surface area (Å²) in [6.45, 7) is 6.19. The van der Waals surface area contributed by atoms with Crippen molar-refractivity contribution in [2.75, 3.05) is 5.75 Å². The lowest BCUT2D eigenvalue weighted by atomic mass is 9.75. The van der Waals surface area contributed by atoms with Crippen molar-refractivity contribution in [1.82, 2.24) is 5.32 Å². The third kappa shape index (κ3) is 4.71. The topological polar surface area (TPSA) is 66.4 Å². The first-order valence-corrected chi connectivity index (χ1v) is 8.10. The number of amides is 1. The van der Waals surface area contributed by atoms with Crippen molar-refractivity contribution in [3.63, 3.8) is 0 Å². The zero-order valence-electron chi connectivity index (χ0n) is 12.1. The molecule has 1 aliphatic carbocycles. The molecule has 1 amide bonds. The summed E-state index contributed by atoms with van der Waals surface area (Å²) in [5.41, 5.74) is -1.03. The van der Waals surface area contributed by atoms with Crippen molar-refractivity contribution in [3.05, 3.63) is 0 Å². The van der Waals surface area contributed by atoms with Gasteiger partial charge < -0.3 is 10.4 Å². The zero-order valence-corrected chi connectivity index (χ0v) is 12.9. The molecular weight excluding hydrogens is 262 g/mol. The number of thioether (sulfide) groups is 1. The van der Waals surface area contributed by atoms with E-state index in [4.69, 9.17) is 0 Å². The molecule has 0 saturated heterocycles. The van der Waals surface area contributed by atoms with Gasteiger partial charge in [-0.25, -0.2) is 4.79 Å². The summed E-state index contributed by atoms with van der Waals surface area (Å²) >= 11 is 1.54. The van der Waals surface area contributed by atoms with Crippen molar-refractivity contribution in [1.29, 1.82) is 0 Å². The fraction of sp³-hybridized carbons (Fsp3) is 0.857. The summed E-state index contributed by atoms with van der Waals surface area (Å²) < 4.78 is 0. The summed E-state index contributed by atoms with van der Waals surface area (Å²) in [5, 5.41) is 12.6. The van der Waals surface area contributed by atoms with Gasteiger partial charge in [0, 0.05) is 0 Å². The SMILES string of the molecule is CCC1CCC(NC(=O)CSC(C)C)(C(=O)O)CC1. The van der Waals surface area contributed by atoms with E-state index in [0.29, 0.717) is 29.8 Å². The average molecular weight is 287 g/mol. The van der Waals surface area contributed by atoms with Gasteiger partial charge in [-0.3, -0.25) is 4.79 Å². The highest BCUT2D eigenvalue weighted by atomic mass is 32.2. The molecule has 19 heavy (non-hydrogen) atoms. The second-order valence-electron chi connectivity index (χ2n) is 5.65. The molecule has 5 heteroatoms. The molecule has 110 valence electrons. The predicted octanol–water partition coefficient (Wildman–Crippen LogP) is 2.67. The van der Waals surface area contributed by atoms with Crippen LogP contribution in [0.3, 0.4) is 0 Å². The molecule has 0 aromatic carbocycles. The lowest BCUT2D eigenvalue weighted by Gasteiger charge is -2.37. The quantitative estimate of drug-likeness (QED) is 0.788. The van der Waals surface area contributed by atoms with Crippen LogP contribution in [0.2, 0.25) is 0 Å². The van der Waals surface area contributed by atoms with Crippen LogP contribution in [0.15, 0.2) is 0 Å². The second kappa shape index (κ2) is 7.17. The van der Waals surface area contributed by atoms with E-state index in [1.54, 1.807) is 0 Å². The Bertz CT molecular complexity index is 323. The number of nitrogens with one attached hydrogen (secondary N) is 1. The molecule has 0 aliphatic heterocycles. The third-order valence-electron chi connectivity index (χ3n) is 3.87. The number of aliphatic carboxylic acids is 1. The van der Waals surface area contributed by atoms with Crippen molar-refractivity contribution >= 4 is 23.6 Å². The molecule has 0 unspecified atom stereocenters. The molecule has 0 spiro atoms. The van der Waals surface area contributed by atoms with Crippen LogP contribution >= 0.6 is 11.8 Å². The molecule has 0 aromatic rings. The standard InChI is InChI=1S/C14H25NO3S/c1-4-11-5-7-14(8-6-11,13(17)18)15-12(16)9-19-10(2)3/h10-11H,4-9H2,1-3H3,(H,15,16)(H,17,18). The Labute approximate surface area is 119 Å². The Morgan fingerprint density at radius 2 is 1.95 bits per heavy atom. The Morgan fingerprint density at radius 1 is 1.37 bits per heavy atom. The molecule has 0 aromatic heterocycles. The van der Waals surface area contributed by atoms with E-state index in [2.05, 4.69) is 12.2 Å². The summed E-state index contributed by atoms with van der Waals surface area (Å²) in [4.78, 5) is 23.4. The van der Waals surface area contributed by atoms with E-state index in [0.717, 1.165) is 19.3 Å². The minimum atomic E-state index is -1.03. The number of carboxylic acid groups (broad SMARTS) is 1. The van der Waals surface area contributed by atoms with Gasteiger partial charge in [0.1, 0.15) is 5.54 Å². The van der Waals surface area contributed by atoms with Crippen molar-refractivity contribution < 1.29 is 14.7 Å². The maximum Gasteiger partial charge on any atom is 0.329 e. The van der Waals surface area contributed by atoms with Gasteiger partial charge in [-0.1, -0.05) is 27.2 Å². The van der Waals surface area contributed by atoms with E-state index in [1.807, 2.05) is 13.8 Å². The van der Waals surface area contributed by atoms with Gasteiger partial charge >= 0.3 is 5.97 Å². The van der Waals surface area contributed by atoms with Crippen LogP contribution in [-0.2, 0) is 9.59 Å². The third-order valence-corrected chi connectivity index (χ3v) is 4.97. The number of hydrogen-bond donors (Lipinski definition) is 2. The Morgan fingerprint density at radius 3 is 2.37 bits per heavy atom. The number of hydrogen-bond acceptors (Lipinski definition) is 3. The molecule has 1 rings (SSSR count). The second-order valence-corrected chi connectivity index (χ2v) is 7.21. The molecule has 0 radical (unpaired) electrons. The minimum absolute atomic E-state index is 0.156. The number of carbonyl (C=O) groups is 2. The summed E-state index contributed by atoms with van der Waals surface area (Å²) in [6, 6.07) is 0. The molecule has 4 nitrogen and oxygen atoms in total. The van der Waals surface area contributed by atoms with Gasteiger partial charge in [-0.05, 0) is 36.9 Å². The maximum absolute atomic E-state index is 11.9. The Hall–Kier alpha value is -0.710. The monoisotopic (exact) mass is 287 g/mol. The molecule has 0 bridgehead atoms. The Kier molecular flexibility index (Phi) is 6.17. The number of carboxylic acids is 1. The van der Waals surface area contributed by atoms with Gasteiger partial charge in [0.25, 0.3) is 0 Å². The summed E-state index contributed by atoms with van der Waals surface area (Å²) in [6.07, 6.45) is 3.98. The first-order chi connectivity index (χ1) is 8.89. The first kappa shape index (κ1) is 16.3. The van der Waals surface area contributed by atoms with Crippen molar-refractivity contribution in [3.8, 4) is 0 Å². The normalized spacial score (nSPS) is 27.3. The van der Waals surface area contributed by atoms with Crippen LogP contribution < -0.4 is 5.32 Å². The first-order valence-electron chi connectivity index (χ1n) is 7.05. The van der Waals surface area contributed by atoms with Gasteiger partial charge in [-0.15, -0.1) is 11.8 Å². The minimum Gasteiger partial charge on any atom is -0.480 e. The highest BCUT2D eigenvalue weighted by molar-refractivity contribution is 8.00. The molecule has 1 saturated carbocycles. The number of carbonyl (C=O) groups excluding carboxylic acids is 1. The fourth-order valence-corrected chi connectivity index (χ4v) is 3.07. The smallest absolute Gasteiger partial charge is 0.329 e. The van der Waals surface area contributed by atoms with Gasteiger partial charge in [0.2, 0.25) is 5.91 Å². The van der Waals surface area contributed by atoms with Crippen LogP contribution in [0.4, 0.5) is 0 Å². The van der Waals surface area contributed by atoms with Crippen LogP contribution in [0.25, 0.3) is 0 Å².